The Morgan fingerprint density at radius 3 is 2.66 bits per heavy atom. The molecule has 2 N–H and O–H groups in total. The molecule has 1 aromatic carbocycles. The van der Waals surface area contributed by atoms with Crippen LogP contribution in [0.15, 0.2) is 36.7 Å². The standard InChI is InChI=1S/C19H17ClFN3O4S/c1-19(2,3)28-17(25)23-16-15(11-6-7-22-9-14(11)29-16)24(18(26)27)10-4-5-13(21)12(20)8-10/h4-9H,1-3H3,(H,23,25)(H,26,27). The van der Waals surface area contributed by atoms with Crippen molar-refractivity contribution in [2.24, 2.45) is 0 Å². The van der Waals surface area contributed by atoms with Gasteiger partial charge >= 0.3 is 12.2 Å². The van der Waals surface area contributed by atoms with E-state index in [0.717, 1.165) is 22.3 Å². The van der Waals surface area contributed by atoms with E-state index in [2.05, 4.69) is 10.3 Å². The topological polar surface area (TPSA) is 91.8 Å². The SMILES string of the molecule is CC(C)(C)OC(=O)Nc1sc2cnccc2c1N(C(=O)O)c1ccc(F)c(Cl)c1. The van der Waals surface area contributed by atoms with Gasteiger partial charge in [0.25, 0.3) is 0 Å². The van der Waals surface area contributed by atoms with Crippen LogP contribution < -0.4 is 10.2 Å². The number of aromatic nitrogens is 1. The van der Waals surface area contributed by atoms with E-state index >= 15 is 0 Å². The average Bonchev–Trinajstić information content (AvgIpc) is 2.94. The van der Waals surface area contributed by atoms with Crippen molar-refractivity contribution < 1.29 is 23.8 Å². The molecule has 10 heteroatoms. The molecule has 0 atom stereocenters. The van der Waals surface area contributed by atoms with Gasteiger partial charge in [-0.15, -0.1) is 11.3 Å². The van der Waals surface area contributed by atoms with Crippen molar-refractivity contribution in [1.29, 1.82) is 0 Å². The molecule has 2 aromatic heterocycles. The zero-order valence-corrected chi connectivity index (χ0v) is 17.3. The van der Waals surface area contributed by atoms with Gasteiger partial charge in [-0.05, 0) is 45.0 Å². The summed E-state index contributed by atoms with van der Waals surface area (Å²) >= 11 is 6.99. The number of fused-ring (bicyclic) bond motifs is 1. The van der Waals surface area contributed by atoms with Crippen LogP contribution >= 0.6 is 22.9 Å². The van der Waals surface area contributed by atoms with Gasteiger partial charge in [0.1, 0.15) is 16.4 Å². The largest absolute Gasteiger partial charge is 0.464 e. The van der Waals surface area contributed by atoms with Crippen molar-refractivity contribution in [2.45, 2.75) is 26.4 Å². The number of thiophene rings is 1. The number of hydrogen-bond acceptors (Lipinski definition) is 5. The van der Waals surface area contributed by atoms with Crippen molar-refractivity contribution in [3.05, 3.63) is 47.5 Å². The number of nitrogens with zero attached hydrogens (tertiary/aromatic N) is 2. The van der Waals surface area contributed by atoms with Crippen LogP contribution in [0, 0.1) is 5.82 Å². The van der Waals surface area contributed by atoms with Gasteiger partial charge in [0.2, 0.25) is 0 Å². The number of hydrogen-bond donors (Lipinski definition) is 2. The van der Waals surface area contributed by atoms with Crippen LogP contribution in [0.3, 0.4) is 0 Å². The number of rotatable bonds is 3. The molecule has 0 saturated carbocycles. The zero-order chi connectivity index (χ0) is 21.3. The Morgan fingerprint density at radius 1 is 1.31 bits per heavy atom. The number of benzene rings is 1. The molecular weight excluding hydrogens is 421 g/mol. The number of carboxylic acid groups (broad SMARTS) is 1. The number of carbonyl (C=O) groups excluding carboxylic acids is 1. The third-order valence-electron chi connectivity index (χ3n) is 3.66. The predicted octanol–water partition coefficient (Wildman–Crippen LogP) is 6.25. The van der Waals surface area contributed by atoms with E-state index in [1.54, 1.807) is 33.0 Å². The van der Waals surface area contributed by atoms with Crippen LogP contribution in [0.25, 0.3) is 10.1 Å². The van der Waals surface area contributed by atoms with Crippen molar-refractivity contribution in [3.8, 4) is 0 Å². The normalized spacial score (nSPS) is 11.3. The van der Waals surface area contributed by atoms with Gasteiger partial charge in [0.15, 0.2) is 0 Å². The summed E-state index contributed by atoms with van der Waals surface area (Å²) in [6.45, 7) is 5.14. The number of amides is 2. The van der Waals surface area contributed by atoms with Gasteiger partial charge in [-0.2, -0.15) is 0 Å². The maximum absolute atomic E-state index is 13.6. The molecule has 0 radical (unpaired) electrons. The first-order valence-electron chi connectivity index (χ1n) is 8.41. The summed E-state index contributed by atoms with van der Waals surface area (Å²) in [6, 6.07) is 5.19. The lowest BCUT2D eigenvalue weighted by molar-refractivity contribution is 0.0636. The highest BCUT2D eigenvalue weighted by Crippen LogP contribution is 2.45. The Balaban J connectivity index is 2.15. The van der Waals surface area contributed by atoms with Crippen molar-refractivity contribution in [2.75, 3.05) is 10.2 Å². The first kappa shape index (κ1) is 20.8. The summed E-state index contributed by atoms with van der Waals surface area (Å²) in [5.74, 6) is -0.674. The fourth-order valence-corrected chi connectivity index (χ4v) is 3.82. The molecule has 0 fully saturated rings. The minimum absolute atomic E-state index is 0.118. The highest BCUT2D eigenvalue weighted by atomic mass is 35.5. The summed E-state index contributed by atoms with van der Waals surface area (Å²) in [7, 11) is 0. The Bertz CT molecular complexity index is 1100. The summed E-state index contributed by atoms with van der Waals surface area (Å²) in [5, 5.41) is 13.1. The molecule has 0 spiro atoms. The van der Waals surface area contributed by atoms with E-state index in [-0.39, 0.29) is 21.4 Å². The van der Waals surface area contributed by atoms with Gasteiger partial charge in [-0.3, -0.25) is 10.3 Å². The highest BCUT2D eigenvalue weighted by Gasteiger charge is 2.27. The number of nitrogens with one attached hydrogen (secondary N) is 1. The Kier molecular flexibility index (Phi) is 5.63. The predicted molar refractivity (Wildman–Crippen MR) is 111 cm³/mol. The monoisotopic (exact) mass is 437 g/mol. The van der Waals surface area contributed by atoms with E-state index in [9.17, 15) is 19.1 Å². The average molecular weight is 438 g/mol. The summed E-state index contributed by atoms with van der Waals surface area (Å²) in [6.07, 6.45) is 0.992. The number of carbonyl (C=O) groups is 2. The molecule has 3 rings (SSSR count). The second-order valence-corrected chi connectivity index (χ2v) is 8.45. The van der Waals surface area contributed by atoms with Crippen LogP contribution in [-0.2, 0) is 4.74 Å². The van der Waals surface area contributed by atoms with Crippen LogP contribution in [-0.4, -0.2) is 27.9 Å². The lowest BCUT2D eigenvalue weighted by Gasteiger charge is -2.22. The molecule has 0 unspecified atom stereocenters. The van der Waals surface area contributed by atoms with Crippen LogP contribution in [0.2, 0.25) is 5.02 Å². The van der Waals surface area contributed by atoms with E-state index in [0.29, 0.717) is 10.1 Å². The molecule has 3 aromatic rings. The summed E-state index contributed by atoms with van der Waals surface area (Å²) in [5.41, 5.74) is -0.430. The van der Waals surface area contributed by atoms with Gasteiger partial charge in [0, 0.05) is 17.8 Å². The molecule has 7 nitrogen and oxygen atoms in total. The van der Waals surface area contributed by atoms with E-state index in [1.807, 2.05) is 0 Å². The minimum atomic E-state index is -1.34. The highest BCUT2D eigenvalue weighted by molar-refractivity contribution is 7.23. The molecular formula is C19H17ClFN3O4S. The molecule has 2 heterocycles. The summed E-state index contributed by atoms with van der Waals surface area (Å²) in [4.78, 5) is 29.4. The fourth-order valence-electron chi connectivity index (χ4n) is 2.60. The van der Waals surface area contributed by atoms with E-state index in [4.69, 9.17) is 16.3 Å². The lowest BCUT2D eigenvalue weighted by Crippen LogP contribution is -2.28. The first-order valence-corrected chi connectivity index (χ1v) is 9.61. The van der Waals surface area contributed by atoms with Gasteiger partial charge in [0.05, 0.1) is 21.1 Å². The van der Waals surface area contributed by atoms with Crippen molar-refractivity contribution in [1.82, 2.24) is 4.98 Å². The van der Waals surface area contributed by atoms with E-state index < -0.39 is 23.6 Å². The Morgan fingerprint density at radius 2 is 2.03 bits per heavy atom. The smallest absolute Gasteiger partial charge is 0.416 e. The molecule has 0 bridgehead atoms. The van der Waals surface area contributed by atoms with Crippen LogP contribution in [0.1, 0.15) is 20.8 Å². The van der Waals surface area contributed by atoms with Gasteiger partial charge < -0.3 is 9.84 Å². The second kappa shape index (κ2) is 7.84. The third kappa shape index (κ3) is 4.57. The zero-order valence-electron chi connectivity index (χ0n) is 15.7. The Labute approximate surface area is 174 Å². The maximum atomic E-state index is 13.6. The lowest BCUT2D eigenvalue weighted by atomic mass is 10.2. The molecule has 0 aliphatic heterocycles. The number of halogens is 2. The Hall–Kier alpha value is -2.91. The number of ether oxygens (including phenoxy) is 1. The molecule has 152 valence electrons. The maximum Gasteiger partial charge on any atom is 0.416 e. The second-order valence-electron chi connectivity index (χ2n) is 6.99. The van der Waals surface area contributed by atoms with Crippen molar-refractivity contribution >= 4 is 61.6 Å². The van der Waals surface area contributed by atoms with Crippen LogP contribution in [0.4, 0.5) is 30.4 Å². The quantitative estimate of drug-likeness (QED) is 0.505. The van der Waals surface area contributed by atoms with Crippen molar-refractivity contribution in [3.63, 3.8) is 0 Å². The molecule has 2 amide bonds. The first-order chi connectivity index (χ1) is 13.6. The van der Waals surface area contributed by atoms with Gasteiger partial charge in [-0.1, -0.05) is 11.6 Å². The number of pyridine rings is 1. The minimum Gasteiger partial charge on any atom is -0.464 e. The molecule has 0 saturated heterocycles. The molecule has 29 heavy (non-hydrogen) atoms. The third-order valence-corrected chi connectivity index (χ3v) is 4.99. The fraction of sp³-hybridized carbons (Fsp3) is 0.211. The van der Waals surface area contributed by atoms with Gasteiger partial charge in [-0.25, -0.2) is 18.9 Å². The number of anilines is 3. The molecule has 0 aliphatic carbocycles. The van der Waals surface area contributed by atoms with Crippen LogP contribution in [0.5, 0.6) is 0 Å². The summed E-state index contributed by atoms with van der Waals surface area (Å²) < 4.78 is 19.5. The van der Waals surface area contributed by atoms with E-state index in [1.165, 1.54) is 18.3 Å². The molecule has 0 aliphatic rings.